The Hall–Kier alpha value is -2.30. The van der Waals surface area contributed by atoms with Gasteiger partial charge in [-0.25, -0.2) is 0 Å². The molecule has 1 spiro atoms. The molecule has 0 unspecified atom stereocenters. The number of ether oxygens (including phenoxy) is 1. The zero-order chi connectivity index (χ0) is 17.3. The van der Waals surface area contributed by atoms with E-state index in [-0.39, 0.29) is 24.0 Å². The molecule has 1 aromatic rings. The summed E-state index contributed by atoms with van der Waals surface area (Å²) in [6, 6.07) is 8.06. The average molecular weight is 340 g/mol. The summed E-state index contributed by atoms with van der Waals surface area (Å²) in [4.78, 5) is 27.9. The summed E-state index contributed by atoms with van der Waals surface area (Å²) in [5.74, 6) is 1.09. The van der Waals surface area contributed by atoms with Crippen LogP contribution in [0.15, 0.2) is 30.3 Å². The van der Waals surface area contributed by atoms with Gasteiger partial charge in [-0.05, 0) is 31.4 Å². The van der Waals surface area contributed by atoms with E-state index in [1.807, 2.05) is 23.1 Å². The summed E-state index contributed by atoms with van der Waals surface area (Å²) in [7, 11) is 0. The molecular formula is C20H24N2O3. The first-order valence-electron chi connectivity index (χ1n) is 9.18. The summed E-state index contributed by atoms with van der Waals surface area (Å²) in [5, 5.41) is 0. The third-order valence-corrected chi connectivity index (χ3v) is 5.48. The van der Waals surface area contributed by atoms with Crippen LogP contribution in [0, 0.1) is 0 Å². The van der Waals surface area contributed by atoms with E-state index in [9.17, 15) is 9.59 Å². The Bertz CT molecular complexity index is 715. The normalized spacial score (nSPS) is 25.7. The molecule has 3 aliphatic rings. The lowest BCUT2D eigenvalue weighted by molar-refractivity contribution is -0.138. The molecule has 132 valence electrons. The van der Waals surface area contributed by atoms with Crippen LogP contribution >= 0.6 is 0 Å². The quantitative estimate of drug-likeness (QED) is 0.831. The fraction of sp³-hybridized carbons (Fsp3) is 0.500. The van der Waals surface area contributed by atoms with Gasteiger partial charge in [0.05, 0.1) is 6.54 Å². The standard InChI is InChI=1S/C20H24N2O3/c23-18-7-3-12-22(18)15-19(24)21-13-4-9-20(11-14-21)10-8-16-5-1-2-6-17(16)25-20/h1-2,5-6,8,10H,3-4,7,9,11-15H2/t20-/m1/s1. The number of carbonyl (C=O) groups excluding carboxylic acids is 2. The Morgan fingerprint density at radius 1 is 1.12 bits per heavy atom. The first kappa shape index (κ1) is 16.2. The molecule has 0 N–H and O–H groups in total. The third-order valence-electron chi connectivity index (χ3n) is 5.48. The van der Waals surface area contributed by atoms with Crippen LogP contribution in [0.2, 0.25) is 0 Å². The number of likely N-dealkylation sites (tertiary alicyclic amines) is 2. The molecule has 3 aliphatic heterocycles. The number of amides is 2. The van der Waals surface area contributed by atoms with Gasteiger partial charge in [-0.3, -0.25) is 9.59 Å². The van der Waals surface area contributed by atoms with Crippen molar-refractivity contribution in [1.29, 1.82) is 0 Å². The number of hydrogen-bond acceptors (Lipinski definition) is 3. The summed E-state index contributed by atoms with van der Waals surface area (Å²) >= 11 is 0. The number of fused-ring (bicyclic) bond motifs is 1. The summed E-state index contributed by atoms with van der Waals surface area (Å²) < 4.78 is 6.33. The lowest BCUT2D eigenvalue weighted by atomic mass is 9.91. The van der Waals surface area contributed by atoms with Crippen LogP contribution in [-0.4, -0.2) is 53.4 Å². The van der Waals surface area contributed by atoms with Crippen molar-refractivity contribution in [1.82, 2.24) is 9.80 Å². The summed E-state index contributed by atoms with van der Waals surface area (Å²) in [5.41, 5.74) is 0.796. The Kier molecular flexibility index (Phi) is 4.24. The first-order valence-corrected chi connectivity index (χ1v) is 9.18. The highest BCUT2D eigenvalue weighted by Crippen LogP contribution is 2.36. The fourth-order valence-electron chi connectivity index (χ4n) is 3.99. The van der Waals surface area contributed by atoms with E-state index in [0.29, 0.717) is 19.5 Å². The number of nitrogens with zero attached hydrogens (tertiary/aromatic N) is 2. The van der Waals surface area contributed by atoms with Gasteiger partial charge in [0.2, 0.25) is 11.8 Å². The Balaban J connectivity index is 1.41. The van der Waals surface area contributed by atoms with Crippen LogP contribution in [0.1, 0.15) is 37.7 Å². The molecule has 2 fully saturated rings. The van der Waals surface area contributed by atoms with E-state index < -0.39 is 0 Å². The average Bonchev–Trinajstić information content (AvgIpc) is 2.90. The van der Waals surface area contributed by atoms with E-state index in [4.69, 9.17) is 4.74 Å². The van der Waals surface area contributed by atoms with Crippen LogP contribution in [0.3, 0.4) is 0 Å². The Morgan fingerprint density at radius 2 is 2.00 bits per heavy atom. The zero-order valence-electron chi connectivity index (χ0n) is 14.4. The smallest absolute Gasteiger partial charge is 0.242 e. The van der Waals surface area contributed by atoms with Gasteiger partial charge >= 0.3 is 0 Å². The van der Waals surface area contributed by atoms with Crippen molar-refractivity contribution in [3.8, 4) is 5.75 Å². The molecular weight excluding hydrogens is 316 g/mol. The molecule has 0 bridgehead atoms. The second-order valence-corrected chi connectivity index (χ2v) is 7.19. The lowest BCUT2D eigenvalue weighted by Crippen LogP contribution is -2.42. The number of para-hydroxylation sites is 1. The minimum absolute atomic E-state index is 0.0625. The summed E-state index contributed by atoms with van der Waals surface area (Å²) in [6.07, 6.45) is 8.35. The van der Waals surface area contributed by atoms with Crippen molar-refractivity contribution in [3.05, 3.63) is 35.9 Å². The van der Waals surface area contributed by atoms with Crippen molar-refractivity contribution in [2.24, 2.45) is 0 Å². The van der Waals surface area contributed by atoms with Crippen LogP contribution in [0.4, 0.5) is 0 Å². The van der Waals surface area contributed by atoms with Crippen molar-refractivity contribution < 1.29 is 14.3 Å². The van der Waals surface area contributed by atoms with E-state index in [2.05, 4.69) is 18.2 Å². The van der Waals surface area contributed by atoms with Crippen LogP contribution < -0.4 is 4.74 Å². The van der Waals surface area contributed by atoms with Gasteiger partial charge in [0.15, 0.2) is 0 Å². The number of benzene rings is 1. The van der Waals surface area contributed by atoms with Crippen LogP contribution in [0.5, 0.6) is 5.75 Å². The van der Waals surface area contributed by atoms with E-state index in [1.165, 1.54) is 0 Å². The molecule has 0 aliphatic carbocycles. The number of rotatable bonds is 2. The first-order chi connectivity index (χ1) is 12.2. The second kappa shape index (κ2) is 6.54. The predicted molar refractivity (Wildman–Crippen MR) is 95.1 cm³/mol. The fourth-order valence-corrected chi connectivity index (χ4v) is 3.99. The topological polar surface area (TPSA) is 49.9 Å². The maximum absolute atomic E-state index is 12.6. The van der Waals surface area contributed by atoms with Gasteiger partial charge in [0, 0.05) is 38.0 Å². The lowest BCUT2D eigenvalue weighted by Gasteiger charge is -2.34. The summed E-state index contributed by atoms with van der Waals surface area (Å²) in [6.45, 7) is 2.35. The molecule has 4 rings (SSSR count). The molecule has 1 aromatic carbocycles. The maximum atomic E-state index is 12.6. The van der Waals surface area contributed by atoms with Crippen molar-refractivity contribution in [3.63, 3.8) is 0 Å². The largest absolute Gasteiger partial charge is 0.483 e. The van der Waals surface area contributed by atoms with Gasteiger partial charge in [-0.15, -0.1) is 0 Å². The molecule has 0 radical (unpaired) electrons. The van der Waals surface area contributed by atoms with E-state index in [0.717, 1.165) is 43.5 Å². The molecule has 5 nitrogen and oxygen atoms in total. The molecule has 5 heteroatoms. The third kappa shape index (κ3) is 3.28. The Labute approximate surface area is 148 Å². The minimum atomic E-state index is -0.313. The molecule has 2 amide bonds. The van der Waals surface area contributed by atoms with Crippen molar-refractivity contribution in [2.75, 3.05) is 26.2 Å². The van der Waals surface area contributed by atoms with E-state index >= 15 is 0 Å². The van der Waals surface area contributed by atoms with Crippen molar-refractivity contribution in [2.45, 2.75) is 37.7 Å². The van der Waals surface area contributed by atoms with Gasteiger partial charge in [-0.2, -0.15) is 0 Å². The highest BCUT2D eigenvalue weighted by atomic mass is 16.5. The van der Waals surface area contributed by atoms with Crippen LogP contribution in [-0.2, 0) is 9.59 Å². The molecule has 0 saturated carbocycles. The molecule has 0 aromatic heterocycles. The minimum Gasteiger partial charge on any atom is -0.483 e. The molecule has 2 saturated heterocycles. The molecule has 1 atom stereocenters. The molecule has 25 heavy (non-hydrogen) atoms. The van der Waals surface area contributed by atoms with E-state index in [1.54, 1.807) is 4.90 Å². The monoisotopic (exact) mass is 340 g/mol. The van der Waals surface area contributed by atoms with Gasteiger partial charge in [0.25, 0.3) is 0 Å². The predicted octanol–water partition coefficient (Wildman–Crippen LogP) is 2.47. The van der Waals surface area contributed by atoms with Crippen molar-refractivity contribution >= 4 is 17.9 Å². The maximum Gasteiger partial charge on any atom is 0.242 e. The molecule has 3 heterocycles. The zero-order valence-corrected chi connectivity index (χ0v) is 14.4. The second-order valence-electron chi connectivity index (χ2n) is 7.19. The number of hydrogen-bond donors (Lipinski definition) is 0. The van der Waals surface area contributed by atoms with Gasteiger partial charge < -0.3 is 14.5 Å². The highest BCUT2D eigenvalue weighted by molar-refractivity contribution is 5.85. The van der Waals surface area contributed by atoms with Gasteiger partial charge in [-0.1, -0.05) is 24.3 Å². The van der Waals surface area contributed by atoms with Gasteiger partial charge in [0.1, 0.15) is 11.4 Å². The number of carbonyl (C=O) groups is 2. The SMILES string of the molecule is O=C(CN1CCCC1=O)N1CCC[C@@]2(C=Cc3ccccc3O2)CC1. The van der Waals surface area contributed by atoms with Crippen LogP contribution in [0.25, 0.3) is 6.08 Å². The Morgan fingerprint density at radius 3 is 2.84 bits per heavy atom. The highest BCUT2D eigenvalue weighted by Gasteiger charge is 2.36.